The van der Waals surface area contributed by atoms with Crippen molar-refractivity contribution in [2.75, 3.05) is 6.61 Å². The lowest BCUT2D eigenvalue weighted by atomic mass is 9.94. The molecule has 2 rings (SSSR count). The van der Waals surface area contributed by atoms with Crippen LogP contribution < -0.4 is 0 Å². The number of ketones is 1. The second-order valence-electron chi connectivity index (χ2n) is 4.92. The molecule has 0 heterocycles. The van der Waals surface area contributed by atoms with Crippen LogP contribution in [0.3, 0.4) is 0 Å². The average molecular weight is 307 g/mol. The number of carbonyl (C=O) groups is 1. The summed E-state index contributed by atoms with van der Waals surface area (Å²) < 4.78 is 44.2. The molecule has 0 radical (unpaired) electrons. The van der Waals surface area contributed by atoms with Crippen LogP contribution in [0.15, 0.2) is 18.2 Å². The molecule has 1 aliphatic rings. The normalized spacial score (nSPS) is 19.0. The van der Waals surface area contributed by atoms with Gasteiger partial charge in [0, 0.05) is 18.4 Å². The standard InChI is InChI=1S/C14H14ClF3O2/c15-11-7-9(1-2-12(11)16)13(19)8-20-10-3-5-14(17,18)6-4-10/h1-2,7,10H,3-6,8H2. The molecular formula is C14H14ClF3O2. The zero-order valence-electron chi connectivity index (χ0n) is 10.7. The van der Waals surface area contributed by atoms with Gasteiger partial charge in [0.2, 0.25) is 5.92 Å². The van der Waals surface area contributed by atoms with Gasteiger partial charge in [-0.1, -0.05) is 11.6 Å². The van der Waals surface area contributed by atoms with E-state index in [2.05, 4.69) is 0 Å². The molecule has 0 aliphatic heterocycles. The van der Waals surface area contributed by atoms with Crippen LogP contribution in [0.4, 0.5) is 13.2 Å². The quantitative estimate of drug-likeness (QED) is 0.777. The first-order valence-corrected chi connectivity index (χ1v) is 6.73. The molecule has 2 nitrogen and oxygen atoms in total. The van der Waals surface area contributed by atoms with Gasteiger partial charge in [-0.05, 0) is 31.0 Å². The Balaban J connectivity index is 1.85. The van der Waals surface area contributed by atoms with Gasteiger partial charge < -0.3 is 4.74 Å². The number of ether oxygens (including phenoxy) is 1. The van der Waals surface area contributed by atoms with Crippen molar-refractivity contribution in [3.05, 3.63) is 34.6 Å². The maximum Gasteiger partial charge on any atom is 0.248 e. The lowest BCUT2D eigenvalue weighted by Gasteiger charge is -2.28. The smallest absolute Gasteiger partial charge is 0.248 e. The minimum atomic E-state index is -2.62. The van der Waals surface area contributed by atoms with Crippen LogP contribution in [0.2, 0.25) is 5.02 Å². The monoisotopic (exact) mass is 306 g/mol. The van der Waals surface area contributed by atoms with E-state index in [-0.39, 0.29) is 54.8 Å². The van der Waals surface area contributed by atoms with Gasteiger partial charge in [0.1, 0.15) is 12.4 Å². The summed E-state index contributed by atoms with van der Waals surface area (Å²) in [7, 11) is 0. The molecule has 0 N–H and O–H groups in total. The Morgan fingerprint density at radius 2 is 2.00 bits per heavy atom. The van der Waals surface area contributed by atoms with Crippen molar-refractivity contribution in [2.24, 2.45) is 0 Å². The first-order chi connectivity index (χ1) is 9.37. The van der Waals surface area contributed by atoms with Crippen molar-refractivity contribution in [3.8, 4) is 0 Å². The predicted molar refractivity (Wildman–Crippen MR) is 68.9 cm³/mol. The van der Waals surface area contributed by atoms with Crippen LogP contribution in [-0.4, -0.2) is 24.4 Å². The molecule has 1 aromatic rings. The second kappa shape index (κ2) is 6.14. The third-order valence-corrected chi connectivity index (χ3v) is 3.65. The molecule has 110 valence electrons. The Morgan fingerprint density at radius 1 is 1.35 bits per heavy atom. The molecule has 1 fully saturated rings. The third-order valence-electron chi connectivity index (χ3n) is 3.36. The molecule has 0 saturated heterocycles. The van der Waals surface area contributed by atoms with Crippen LogP contribution in [-0.2, 0) is 4.74 Å². The first kappa shape index (κ1) is 15.3. The maximum absolute atomic E-state index is 13.0. The van der Waals surface area contributed by atoms with E-state index in [1.165, 1.54) is 12.1 Å². The number of hydrogen-bond donors (Lipinski definition) is 0. The Kier molecular flexibility index (Phi) is 4.70. The summed E-state index contributed by atoms with van der Waals surface area (Å²) in [4.78, 5) is 11.8. The van der Waals surface area contributed by atoms with Gasteiger partial charge in [0.15, 0.2) is 5.78 Å². The van der Waals surface area contributed by atoms with Gasteiger partial charge in [-0.3, -0.25) is 4.79 Å². The fraction of sp³-hybridized carbons (Fsp3) is 0.500. The van der Waals surface area contributed by atoms with Gasteiger partial charge in [-0.2, -0.15) is 0 Å². The van der Waals surface area contributed by atoms with E-state index in [1.807, 2.05) is 0 Å². The summed E-state index contributed by atoms with van der Waals surface area (Å²) in [6.07, 6.45) is -0.272. The van der Waals surface area contributed by atoms with Crippen molar-refractivity contribution in [2.45, 2.75) is 37.7 Å². The van der Waals surface area contributed by atoms with Gasteiger partial charge >= 0.3 is 0 Å². The van der Waals surface area contributed by atoms with E-state index in [9.17, 15) is 18.0 Å². The number of halogens is 4. The van der Waals surface area contributed by atoms with Crippen molar-refractivity contribution >= 4 is 17.4 Å². The van der Waals surface area contributed by atoms with E-state index in [1.54, 1.807) is 0 Å². The summed E-state index contributed by atoms with van der Waals surface area (Å²) >= 11 is 5.59. The van der Waals surface area contributed by atoms with Crippen LogP contribution >= 0.6 is 11.6 Å². The first-order valence-electron chi connectivity index (χ1n) is 6.35. The van der Waals surface area contributed by atoms with Crippen LogP contribution in [0.5, 0.6) is 0 Å². The average Bonchev–Trinajstić information content (AvgIpc) is 2.40. The number of carbonyl (C=O) groups excluding carboxylic acids is 1. The molecule has 1 aliphatic carbocycles. The lowest BCUT2D eigenvalue weighted by molar-refractivity contribution is -0.0769. The highest BCUT2D eigenvalue weighted by Gasteiger charge is 2.35. The summed E-state index contributed by atoms with van der Waals surface area (Å²) in [5.41, 5.74) is 0.248. The van der Waals surface area contributed by atoms with Gasteiger partial charge in [0.05, 0.1) is 11.1 Å². The van der Waals surface area contributed by atoms with E-state index in [0.717, 1.165) is 6.07 Å². The highest BCUT2D eigenvalue weighted by molar-refractivity contribution is 6.31. The fourth-order valence-corrected chi connectivity index (χ4v) is 2.31. The number of benzene rings is 1. The molecule has 0 amide bonds. The lowest BCUT2D eigenvalue weighted by Crippen LogP contribution is -2.30. The topological polar surface area (TPSA) is 26.3 Å². The second-order valence-corrected chi connectivity index (χ2v) is 5.33. The molecule has 0 spiro atoms. The highest BCUT2D eigenvalue weighted by Crippen LogP contribution is 2.34. The highest BCUT2D eigenvalue weighted by atomic mass is 35.5. The zero-order valence-corrected chi connectivity index (χ0v) is 11.4. The molecule has 0 bridgehead atoms. The van der Waals surface area contributed by atoms with E-state index < -0.39 is 11.7 Å². The molecule has 0 unspecified atom stereocenters. The van der Waals surface area contributed by atoms with Gasteiger partial charge in [-0.15, -0.1) is 0 Å². The van der Waals surface area contributed by atoms with Gasteiger partial charge in [-0.25, -0.2) is 13.2 Å². The van der Waals surface area contributed by atoms with Crippen LogP contribution in [0, 0.1) is 5.82 Å². The molecule has 0 aromatic heterocycles. The van der Waals surface area contributed by atoms with E-state index in [0.29, 0.717) is 0 Å². The SMILES string of the molecule is O=C(COC1CCC(F)(F)CC1)c1ccc(F)c(Cl)c1. The van der Waals surface area contributed by atoms with Crippen molar-refractivity contribution < 1.29 is 22.7 Å². The van der Waals surface area contributed by atoms with E-state index in [4.69, 9.17) is 16.3 Å². The Morgan fingerprint density at radius 3 is 2.60 bits per heavy atom. The van der Waals surface area contributed by atoms with Crippen molar-refractivity contribution in [1.82, 2.24) is 0 Å². The molecule has 1 saturated carbocycles. The molecule has 0 atom stereocenters. The summed E-state index contributed by atoms with van der Waals surface area (Å²) in [5, 5.41) is -0.131. The van der Waals surface area contributed by atoms with Crippen LogP contribution in [0.25, 0.3) is 0 Å². The molecule has 1 aromatic carbocycles. The Labute approximate surface area is 119 Å². The number of alkyl halides is 2. The third kappa shape index (κ3) is 3.96. The summed E-state index contributed by atoms with van der Waals surface area (Å²) in [6, 6.07) is 3.66. The van der Waals surface area contributed by atoms with E-state index >= 15 is 0 Å². The predicted octanol–water partition coefficient (Wildman–Crippen LogP) is 4.26. The largest absolute Gasteiger partial charge is 0.370 e. The summed E-state index contributed by atoms with van der Waals surface area (Å²) in [5.74, 6) is -3.56. The number of Topliss-reactive ketones (excluding diaryl/α,β-unsaturated/α-hetero) is 1. The van der Waals surface area contributed by atoms with Crippen molar-refractivity contribution in [3.63, 3.8) is 0 Å². The van der Waals surface area contributed by atoms with Crippen LogP contribution in [0.1, 0.15) is 36.0 Å². The van der Waals surface area contributed by atoms with Crippen molar-refractivity contribution in [1.29, 1.82) is 0 Å². The minimum absolute atomic E-state index is 0.131. The fourth-order valence-electron chi connectivity index (χ4n) is 2.13. The Hall–Kier alpha value is -1.07. The Bertz CT molecular complexity index is 495. The minimum Gasteiger partial charge on any atom is -0.370 e. The summed E-state index contributed by atoms with van der Waals surface area (Å²) in [6.45, 7) is -0.210. The molecule has 20 heavy (non-hydrogen) atoms. The maximum atomic E-state index is 13.0. The number of hydrogen-bond acceptors (Lipinski definition) is 2. The molecular weight excluding hydrogens is 293 g/mol. The zero-order chi connectivity index (χ0) is 14.8. The van der Waals surface area contributed by atoms with Gasteiger partial charge in [0.25, 0.3) is 0 Å². The molecule has 6 heteroatoms. The number of rotatable bonds is 4.